The van der Waals surface area contributed by atoms with Gasteiger partial charge >= 0.3 is 0 Å². The molecule has 0 aliphatic carbocycles. The highest BCUT2D eigenvalue weighted by Crippen LogP contribution is 2.21. The van der Waals surface area contributed by atoms with Crippen molar-refractivity contribution in [2.45, 2.75) is 17.9 Å². The van der Waals surface area contributed by atoms with Crippen molar-refractivity contribution in [3.05, 3.63) is 83.9 Å². The Labute approximate surface area is 182 Å². The van der Waals surface area contributed by atoms with E-state index in [4.69, 9.17) is 9.47 Å². The molecule has 3 aromatic rings. The van der Waals surface area contributed by atoms with Crippen molar-refractivity contribution in [1.29, 1.82) is 0 Å². The first-order valence-corrected chi connectivity index (χ1v) is 11.0. The number of hydrogen-bond acceptors (Lipinski definition) is 5. The van der Waals surface area contributed by atoms with Gasteiger partial charge in [-0.1, -0.05) is 12.1 Å². The van der Waals surface area contributed by atoms with Crippen molar-refractivity contribution in [3.8, 4) is 11.5 Å². The van der Waals surface area contributed by atoms with Gasteiger partial charge in [0.1, 0.15) is 11.5 Å². The van der Waals surface area contributed by atoms with Crippen LogP contribution in [0, 0.1) is 0 Å². The minimum absolute atomic E-state index is 0.114. The van der Waals surface area contributed by atoms with E-state index in [0.29, 0.717) is 17.0 Å². The van der Waals surface area contributed by atoms with Gasteiger partial charge in [-0.05, 0) is 73.2 Å². The van der Waals surface area contributed by atoms with Crippen LogP contribution in [0.3, 0.4) is 0 Å². The van der Waals surface area contributed by atoms with Gasteiger partial charge in [0.2, 0.25) is 0 Å². The molecule has 0 aromatic heterocycles. The highest BCUT2D eigenvalue weighted by molar-refractivity contribution is 7.92. The van der Waals surface area contributed by atoms with Crippen LogP contribution in [0.2, 0.25) is 0 Å². The summed E-state index contributed by atoms with van der Waals surface area (Å²) < 4.78 is 37.7. The monoisotopic (exact) mass is 440 g/mol. The lowest BCUT2D eigenvalue weighted by atomic mass is 10.1. The molecule has 8 heteroatoms. The summed E-state index contributed by atoms with van der Waals surface area (Å²) in [7, 11) is -0.639. The van der Waals surface area contributed by atoms with Crippen LogP contribution in [0.1, 0.15) is 28.9 Å². The topological polar surface area (TPSA) is 93.7 Å². The van der Waals surface area contributed by atoms with Gasteiger partial charge in [-0.15, -0.1) is 0 Å². The Bertz CT molecular complexity index is 1130. The Morgan fingerprint density at radius 2 is 1.32 bits per heavy atom. The lowest BCUT2D eigenvalue weighted by molar-refractivity contribution is 0.0940. The Hall–Kier alpha value is -3.52. The first-order valence-electron chi connectivity index (χ1n) is 9.54. The van der Waals surface area contributed by atoms with Gasteiger partial charge in [0.25, 0.3) is 15.9 Å². The minimum Gasteiger partial charge on any atom is -0.497 e. The SMILES string of the molecule is COc1ccc([C@H](C)NC(=O)c2ccc(NS(=O)(=O)c3ccc(OC)cc3)cc2)cc1. The van der Waals surface area contributed by atoms with E-state index in [-0.39, 0.29) is 16.8 Å². The molecule has 0 saturated carbocycles. The number of sulfonamides is 1. The Morgan fingerprint density at radius 3 is 1.84 bits per heavy atom. The van der Waals surface area contributed by atoms with E-state index in [2.05, 4.69) is 10.0 Å². The average Bonchev–Trinajstić information content (AvgIpc) is 2.79. The zero-order valence-corrected chi connectivity index (χ0v) is 18.3. The second-order valence-corrected chi connectivity index (χ2v) is 8.51. The van der Waals surface area contributed by atoms with Crippen LogP contribution in [0.5, 0.6) is 11.5 Å². The molecular formula is C23H24N2O5S. The molecule has 3 rings (SSSR count). The van der Waals surface area contributed by atoms with Gasteiger partial charge in [-0.3, -0.25) is 9.52 Å². The molecule has 0 aliphatic rings. The van der Waals surface area contributed by atoms with Crippen molar-refractivity contribution >= 4 is 21.6 Å². The fourth-order valence-corrected chi connectivity index (χ4v) is 3.97. The maximum absolute atomic E-state index is 12.5. The molecule has 1 atom stereocenters. The van der Waals surface area contributed by atoms with Crippen molar-refractivity contribution < 1.29 is 22.7 Å². The summed E-state index contributed by atoms with van der Waals surface area (Å²) in [6.45, 7) is 1.89. The second kappa shape index (κ2) is 9.53. The molecule has 0 spiro atoms. The van der Waals surface area contributed by atoms with Crippen LogP contribution in [0.15, 0.2) is 77.7 Å². The smallest absolute Gasteiger partial charge is 0.261 e. The van der Waals surface area contributed by atoms with Crippen LogP contribution in [0.25, 0.3) is 0 Å². The minimum atomic E-state index is -3.75. The molecular weight excluding hydrogens is 416 g/mol. The molecule has 0 aliphatic heterocycles. The number of methoxy groups -OCH3 is 2. The predicted molar refractivity (Wildman–Crippen MR) is 119 cm³/mol. The normalized spacial score (nSPS) is 12.0. The molecule has 0 fully saturated rings. The third-order valence-electron chi connectivity index (χ3n) is 4.73. The van der Waals surface area contributed by atoms with E-state index in [1.54, 1.807) is 43.5 Å². The van der Waals surface area contributed by atoms with Crippen molar-refractivity contribution in [3.63, 3.8) is 0 Å². The highest BCUT2D eigenvalue weighted by atomic mass is 32.2. The van der Waals surface area contributed by atoms with E-state index in [1.165, 1.54) is 19.2 Å². The van der Waals surface area contributed by atoms with Gasteiger partial charge in [0, 0.05) is 11.3 Å². The molecule has 162 valence electrons. The van der Waals surface area contributed by atoms with E-state index in [1.807, 2.05) is 31.2 Å². The van der Waals surface area contributed by atoms with Crippen molar-refractivity contribution in [2.75, 3.05) is 18.9 Å². The molecule has 0 saturated heterocycles. The maximum Gasteiger partial charge on any atom is 0.261 e. The molecule has 1 amide bonds. The molecule has 3 aromatic carbocycles. The first kappa shape index (κ1) is 22.2. The average molecular weight is 441 g/mol. The summed E-state index contributed by atoms with van der Waals surface area (Å²) in [5.41, 5.74) is 1.72. The third-order valence-corrected chi connectivity index (χ3v) is 6.13. The van der Waals surface area contributed by atoms with E-state index < -0.39 is 10.0 Å². The third kappa shape index (κ3) is 5.55. The van der Waals surface area contributed by atoms with Gasteiger partial charge in [-0.25, -0.2) is 8.42 Å². The number of amides is 1. The Morgan fingerprint density at radius 1 is 0.806 bits per heavy atom. The molecule has 7 nitrogen and oxygen atoms in total. The van der Waals surface area contributed by atoms with E-state index in [0.717, 1.165) is 11.3 Å². The molecule has 0 bridgehead atoms. The van der Waals surface area contributed by atoms with Crippen molar-refractivity contribution in [1.82, 2.24) is 5.32 Å². The number of hydrogen-bond donors (Lipinski definition) is 2. The summed E-state index contributed by atoms with van der Waals surface area (Å²) in [6.07, 6.45) is 0. The predicted octanol–water partition coefficient (Wildman–Crippen LogP) is 4.00. The van der Waals surface area contributed by atoms with E-state index in [9.17, 15) is 13.2 Å². The molecule has 0 heterocycles. The number of benzene rings is 3. The number of ether oxygens (including phenoxy) is 2. The summed E-state index contributed by atoms with van der Waals surface area (Å²) in [6, 6.07) is 19.6. The lowest BCUT2D eigenvalue weighted by Crippen LogP contribution is -2.26. The Kier molecular flexibility index (Phi) is 6.81. The van der Waals surface area contributed by atoms with Crippen molar-refractivity contribution in [2.24, 2.45) is 0 Å². The number of nitrogens with one attached hydrogen (secondary N) is 2. The van der Waals surface area contributed by atoms with Crippen LogP contribution < -0.4 is 19.5 Å². The van der Waals surface area contributed by atoms with Gasteiger partial charge < -0.3 is 14.8 Å². The second-order valence-electron chi connectivity index (χ2n) is 6.83. The van der Waals surface area contributed by atoms with Gasteiger partial charge in [0.05, 0.1) is 25.2 Å². The largest absolute Gasteiger partial charge is 0.497 e. The van der Waals surface area contributed by atoms with Crippen LogP contribution in [-0.4, -0.2) is 28.5 Å². The molecule has 31 heavy (non-hydrogen) atoms. The number of carbonyl (C=O) groups excluding carboxylic acids is 1. The van der Waals surface area contributed by atoms with Gasteiger partial charge in [-0.2, -0.15) is 0 Å². The fraction of sp³-hybridized carbons (Fsp3) is 0.174. The van der Waals surface area contributed by atoms with Gasteiger partial charge in [0.15, 0.2) is 0 Å². The standard InChI is InChI=1S/C23H24N2O5S/c1-16(17-6-10-20(29-2)11-7-17)24-23(26)18-4-8-19(9-5-18)25-31(27,28)22-14-12-21(30-3)13-15-22/h4-16,25H,1-3H3,(H,24,26)/t16-/m0/s1. The quantitative estimate of drug-likeness (QED) is 0.552. The van der Waals surface area contributed by atoms with Crippen LogP contribution >= 0.6 is 0 Å². The summed E-state index contributed by atoms with van der Waals surface area (Å²) >= 11 is 0. The fourth-order valence-electron chi connectivity index (χ4n) is 2.91. The number of anilines is 1. The molecule has 0 radical (unpaired) electrons. The molecule has 0 unspecified atom stereocenters. The number of carbonyl (C=O) groups is 1. The molecule has 2 N–H and O–H groups in total. The highest BCUT2D eigenvalue weighted by Gasteiger charge is 2.15. The number of rotatable bonds is 8. The Balaban J connectivity index is 1.65. The maximum atomic E-state index is 12.5. The lowest BCUT2D eigenvalue weighted by Gasteiger charge is -2.15. The van der Waals surface area contributed by atoms with Crippen LogP contribution in [-0.2, 0) is 10.0 Å². The summed E-state index contributed by atoms with van der Waals surface area (Å²) in [5.74, 6) is 1.06. The zero-order valence-electron chi connectivity index (χ0n) is 17.5. The van der Waals surface area contributed by atoms with E-state index >= 15 is 0 Å². The summed E-state index contributed by atoms with van der Waals surface area (Å²) in [4.78, 5) is 12.7. The summed E-state index contributed by atoms with van der Waals surface area (Å²) in [5, 5.41) is 2.92. The zero-order chi connectivity index (χ0) is 22.4. The van der Waals surface area contributed by atoms with Crippen LogP contribution in [0.4, 0.5) is 5.69 Å². The first-order chi connectivity index (χ1) is 14.8.